The van der Waals surface area contributed by atoms with E-state index in [2.05, 4.69) is 25.2 Å². The van der Waals surface area contributed by atoms with E-state index in [9.17, 15) is 0 Å². The molecule has 0 saturated carbocycles. The molecule has 0 amide bonds. The van der Waals surface area contributed by atoms with Gasteiger partial charge in [-0.3, -0.25) is 0 Å². The van der Waals surface area contributed by atoms with Gasteiger partial charge in [-0.15, -0.1) is 0 Å². The topological polar surface area (TPSA) is 21.3 Å². The lowest BCUT2D eigenvalue weighted by Gasteiger charge is -2.11. The molecule has 2 aromatic rings. The molecule has 21 heavy (non-hydrogen) atoms. The van der Waals surface area contributed by atoms with Crippen LogP contribution in [0.15, 0.2) is 36.4 Å². The summed E-state index contributed by atoms with van der Waals surface area (Å²) in [6, 6.07) is 11.3. The molecule has 0 aliphatic carbocycles. The van der Waals surface area contributed by atoms with Crippen molar-refractivity contribution in [3.05, 3.63) is 57.6 Å². The van der Waals surface area contributed by atoms with Crippen molar-refractivity contribution in [2.24, 2.45) is 0 Å². The molecule has 0 fully saturated rings. The van der Waals surface area contributed by atoms with E-state index in [0.29, 0.717) is 15.8 Å². The number of benzene rings is 2. The highest BCUT2D eigenvalue weighted by Crippen LogP contribution is 2.30. The monoisotopic (exact) mass is 323 g/mol. The third-order valence-electron chi connectivity index (χ3n) is 3.18. The highest BCUT2D eigenvalue weighted by atomic mass is 35.5. The van der Waals surface area contributed by atoms with Gasteiger partial charge in [-0.1, -0.05) is 36.2 Å². The average molecular weight is 324 g/mol. The van der Waals surface area contributed by atoms with Crippen LogP contribution in [-0.2, 0) is 6.54 Å². The first kappa shape index (κ1) is 16.2. The minimum atomic E-state index is 0.492. The lowest BCUT2D eigenvalue weighted by molar-refractivity contribution is 0.482. The first-order valence-electron chi connectivity index (χ1n) is 7.03. The van der Waals surface area contributed by atoms with Gasteiger partial charge >= 0.3 is 0 Å². The van der Waals surface area contributed by atoms with Crippen LogP contribution in [0.5, 0.6) is 11.5 Å². The number of rotatable bonds is 6. The van der Waals surface area contributed by atoms with Gasteiger partial charge in [-0.05, 0) is 55.3 Å². The van der Waals surface area contributed by atoms with Gasteiger partial charge in [-0.25, -0.2) is 0 Å². The van der Waals surface area contributed by atoms with Crippen molar-refractivity contribution >= 4 is 23.2 Å². The number of nitrogens with one attached hydrogen (secondary N) is 1. The predicted octanol–water partition coefficient (Wildman–Crippen LogP) is 5.59. The maximum Gasteiger partial charge on any atom is 0.129 e. The van der Waals surface area contributed by atoms with Crippen molar-refractivity contribution in [1.29, 1.82) is 0 Å². The average Bonchev–Trinajstić information content (AvgIpc) is 2.45. The minimum absolute atomic E-state index is 0.492. The Hall–Kier alpha value is -1.22. The van der Waals surface area contributed by atoms with Crippen LogP contribution in [0, 0.1) is 6.92 Å². The van der Waals surface area contributed by atoms with Gasteiger partial charge < -0.3 is 10.1 Å². The molecule has 0 aromatic heterocycles. The highest BCUT2D eigenvalue weighted by molar-refractivity contribution is 6.42. The minimum Gasteiger partial charge on any atom is -0.457 e. The van der Waals surface area contributed by atoms with Gasteiger partial charge in [0, 0.05) is 12.6 Å². The van der Waals surface area contributed by atoms with E-state index >= 15 is 0 Å². The van der Waals surface area contributed by atoms with Gasteiger partial charge in [0.25, 0.3) is 0 Å². The van der Waals surface area contributed by atoms with Crippen LogP contribution in [0.1, 0.15) is 24.5 Å². The molecule has 1 N–H and O–H groups in total. The van der Waals surface area contributed by atoms with E-state index in [4.69, 9.17) is 27.9 Å². The van der Waals surface area contributed by atoms with Gasteiger partial charge in [-0.2, -0.15) is 0 Å². The zero-order valence-electron chi connectivity index (χ0n) is 12.2. The van der Waals surface area contributed by atoms with Gasteiger partial charge in [0.2, 0.25) is 0 Å². The van der Waals surface area contributed by atoms with Crippen LogP contribution in [0.2, 0.25) is 10.0 Å². The molecule has 4 heteroatoms. The largest absolute Gasteiger partial charge is 0.457 e. The third kappa shape index (κ3) is 4.63. The van der Waals surface area contributed by atoms with E-state index in [1.807, 2.05) is 12.1 Å². The van der Waals surface area contributed by atoms with E-state index in [1.54, 1.807) is 18.2 Å². The maximum absolute atomic E-state index is 5.99. The molecule has 0 radical (unpaired) electrons. The molecule has 2 nitrogen and oxygen atoms in total. The van der Waals surface area contributed by atoms with Crippen molar-refractivity contribution in [3.63, 3.8) is 0 Å². The second kappa shape index (κ2) is 7.69. The van der Waals surface area contributed by atoms with Crippen LogP contribution in [0.4, 0.5) is 0 Å². The summed E-state index contributed by atoms with van der Waals surface area (Å²) in [7, 11) is 0. The molecule has 0 spiro atoms. The molecule has 0 bridgehead atoms. The van der Waals surface area contributed by atoms with E-state index < -0.39 is 0 Å². The van der Waals surface area contributed by atoms with Gasteiger partial charge in [0.1, 0.15) is 11.5 Å². The normalized spacial score (nSPS) is 10.7. The van der Waals surface area contributed by atoms with Crippen molar-refractivity contribution in [1.82, 2.24) is 5.32 Å². The zero-order valence-corrected chi connectivity index (χ0v) is 13.8. The second-order valence-electron chi connectivity index (χ2n) is 4.94. The Morgan fingerprint density at radius 3 is 2.38 bits per heavy atom. The smallest absolute Gasteiger partial charge is 0.129 e. The Morgan fingerprint density at radius 2 is 1.71 bits per heavy atom. The van der Waals surface area contributed by atoms with Gasteiger partial charge in [0.05, 0.1) is 10.0 Å². The summed E-state index contributed by atoms with van der Waals surface area (Å²) >= 11 is 11.9. The van der Waals surface area contributed by atoms with Crippen molar-refractivity contribution in [2.45, 2.75) is 26.8 Å². The van der Waals surface area contributed by atoms with Crippen LogP contribution in [-0.4, -0.2) is 6.54 Å². The SMILES string of the molecule is CCCNCc1ccc(Oc2ccc(Cl)c(Cl)c2)cc1C. The molecule has 0 atom stereocenters. The van der Waals surface area contributed by atoms with Crippen LogP contribution < -0.4 is 10.1 Å². The molecule has 0 heterocycles. The first-order valence-corrected chi connectivity index (χ1v) is 7.79. The number of hydrogen-bond donors (Lipinski definition) is 1. The zero-order chi connectivity index (χ0) is 15.2. The second-order valence-corrected chi connectivity index (χ2v) is 5.76. The summed E-state index contributed by atoms with van der Waals surface area (Å²) in [5, 5.41) is 4.42. The summed E-state index contributed by atoms with van der Waals surface area (Å²) in [6.45, 7) is 6.16. The van der Waals surface area contributed by atoms with E-state index in [1.165, 1.54) is 11.1 Å². The molecular weight excluding hydrogens is 305 g/mol. The summed E-state index contributed by atoms with van der Waals surface area (Å²) in [5.41, 5.74) is 2.49. The Labute approximate surface area is 136 Å². The third-order valence-corrected chi connectivity index (χ3v) is 3.92. The number of halogens is 2. The number of ether oxygens (including phenoxy) is 1. The fourth-order valence-corrected chi connectivity index (χ4v) is 2.29. The molecule has 0 aliphatic heterocycles. The molecule has 0 unspecified atom stereocenters. The Morgan fingerprint density at radius 1 is 1.00 bits per heavy atom. The summed E-state index contributed by atoms with van der Waals surface area (Å²) in [6.07, 6.45) is 1.14. The fraction of sp³-hybridized carbons (Fsp3) is 0.294. The Bertz CT molecular complexity index is 614. The summed E-state index contributed by atoms with van der Waals surface area (Å²) < 4.78 is 5.81. The number of hydrogen-bond acceptors (Lipinski definition) is 2. The maximum atomic E-state index is 5.99. The Balaban J connectivity index is 2.07. The lowest BCUT2D eigenvalue weighted by Crippen LogP contribution is -2.14. The quantitative estimate of drug-likeness (QED) is 0.699. The van der Waals surface area contributed by atoms with Crippen molar-refractivity contribution in [2.75, 3.05) is 6.54 Å². The van der Waals surface area contributed by atoms with E-state index in [0.717, 1.165) is 25.3 Å². The first-order chi connectivity index (χ1) is 10.1. The molecule has 2 aromatic carbocycles. The van der Waals surface area contributed by atoms with Crippen LogP contribution in [0.25, 0.3) is 0 Å². The number of aryl methyl sites for hydroxylation is 1. The predicted molar refractivity (Wildman–Crippen MR) is 89.7 cm³/mol. The van der Waals surface area contributed by atoms with Crippen molar-refractivity contribution in [3.8, 4) is 11.5 Å². The van der Waals surface area contributed by atoms with Crippen molar-refractivity contribution < 1.29 is 4.74 Å². The molecule has 2 rings (SSSR count). The fourth-order valence-electron chi connectivity index (χ4n) is 2.01. The summed E-state index contributed by atoms with van der Waals surface area (Å²) in [5.74, 6) is 1.48. The molecule has 112 valence electrons. The standard InChI is InChI=1S/C17H19Cl2NO/c1-3-8-20-11-13-4-5-14(9-12(13)2)21-15-6-7-16(18)17(19)10-15/h4-7,9-10,20H,3,8,11H2,1-2H3. The molecular formula is C17H19Cl2NO. The van der Waals surface area contributed by atoms with Crippen LogP contribution >= 0.6 is 23.2 Å². The van der Waals surface area contributed by atoms with Gasteiger partial charge in [0.15, 0.2) is 0 Å². The Kier molecular flexibility index (Phi) is 5.92. The lowest BCUT2D eigenvalue weighted by atomic mass is 10.1. The molecule has 0 saturated heterocycles. The van der Waals surface area contributed by atoms with Crippen LogP contribution in [0.3, 0.4) is 0 Å². The highest BCUT2D eigenvalue weighted by Gasteiger charge is 2.04. The summed E-state index contributed by atoms with van der Waals surface area (Å²) in [4.78, 5) is 0. The van der Waals surface area contributed by atoms with E-state index in [-0.39, 0.29) is 0 Å². The molecule has 0 aliphatic rings.